The Kier molecular flexibility index (Phi) is 4.02. The molecule has 2 aromatic rings. The van der Waals surface area contributed by atoms with Crippen molar-refractivity contribution < 1.29 is 17.9 Å². The third-order valence-corrected chi connectivity index (χ3v) is 5.47. The van der Waals surface area contributed by atoms with Gasteiger partial charge in [-0.1, -0.05) is 6.07 Å². The second-order valence-electron chi connectivity index (χ2n) is 4.99. The number of H-pyrrole nitrogens is 1. The van der Waals surface area contributed by atoms with Crippen LogP contribution in [0.25, 0.3) is 0 Å². The Morgan fingerprint density at radius 3 is 3.05 bits per heavy atom. The summed E-state index contributed by atoms with van der Waals surface area (Å²) in [7, 11) is -3.43. The number of sulfone groups is 1. The zero-order valence-electron chi connectivity index (χ0n) is 11.9. The Morgan fingerprint density at radius 2 is 2.36 bits per heavy atom. The molecule has 1 atom stereocenters. The summed E-state index contributed by atoms with van der Waals surface area (Å²) in [5.74, 6) is -0.127. The Balaban J connectivity index is 1.97. The van der Waals surface area contributed by atoms with Gasteiger partial charge in [0.1, 0.15) is 4.90 Å². The van der Waals surface area contributed by atoms with Crippen molar-refractivity contribution in [3.63, 3.8) is 0 Å². The number of hydrogen-bond donors (Lipinski definition) is 1. The van der Waals surface area contributed by atoms with Gasteiger partial charge in [-0.3, -0.25) is 9.89 Å². The standard InChI is InChI=1S/C13H15N3O4S2/c1-22(18,19)11-7-14-15-12(11)9-8-20-5-4-16(9)13(17)10-3-2-6-21-10/h2-3,6-7,9H,4-5,8H2,1H3,(H,14,15). The normalized spacial score (nSPS) is 19.3. The molecule has 22 heavy (non-hydrogen) atoms. The quantitative estimate of drug-likeness (QED) is 0.902. The van der Waals surface area contributed by atoms with E-state index in [0.29, 0.717) is 23.7 Å². The van der Waals surface area contributed by atoms with E-state index in [-0.39, 0.29) is 17.4 Å². The van der Waals surface area contributed by atoms with Gasteiger partial charge in [0.2, 0.25) is 0 Å². The van der Waals surface area contributed by atoms with Crippen LogP contribution in [0.4, 0.5) is 0 Å². The highest BCUT2D eigenvalue weighted by Gasteiger charge is 2.34. The van der Waals surface area contributed by atoms with Crippen LogP contribution >= 0.6 is 11.3 Å². The summed E-state index contributed by atoms with van der Waals surface area (Å²) in [5.41, 5.74) is 0.395. The molecule has 1 aliphatic rings. The molecule has 0 bridgehead atoms. The third kappa shape index (κ3) is 2.79. The van der Waals surface area contributed by atoms with Crippen molar-refractivity contribution in [2.45, 2.75) is 10.9 Å². The first-order valence-electron chi connectivity index (χ1n) is 6.64. The highest BCUT2D eigenvalue weighted by atomic mass is 32.2. The predicted molar refractivity (Wildman–Crippen MR) is 80.6 cm³/mol. The lowest BCUT2D eigenvalue weighted by molar-refractivity contribution is -0.00442. The van der Waals surface area contributed by atoms with Crippen LogP contribution in [0.1, 0.15) is 21.4 Å². The third-order valence-electron chi connectivity index (χ3n) is 3.49. The number of nitrogens with zero attached hydrogens (tertiary/aromatic N) is 2. The van der Waals surface area contributed by atoms with E-state index in [1.807, 2.05) is 11.4 Å². The maximum atomic E-state index is 12.6. The molecule has 1 saturated heterocycles. The van der Waals surface area contributed by atoms with E-state index in [1.54, 1.807) is 11.0 Å². The number of hydrogen-bond acceptors (Lipinski definition) is 6. The van der Waals surface area contributed by atoms with Gasteiger partial charge in [0.25, 0.3) is 5.91 Å². The van der Waals surface area contributed by atoms with Crippen LogP contribution in [0, 0.1) is 0 Å². The maximum absolute atomic E-state index is 12.6. The second-order valence-corrected chi connectivity index (χ2v) is 7.92. The predicted octanol–water partition coefficient (Wildman–Crippen LogP) is 1.09. The van der Waals surface area contributed by atoms with Crippen molar-refractivity contribution in [1.82, 2.24) is 15.1 Å². The summed E-state index contributed by atoms with van der Waals surface area (Å²) in [6, 6.07) is 3.07. The van der Waals surface area contributed by atoms with Crippen LogP contribution in [0.2, 0.25) is 0 Å². The van der Waals surface area contributed by atoms with Crippen molar-refractivity contribution in [2.75, 3.05) is 26.0 Å². The van der Waals surface area contributed by atoms with Crippen molar-refractivity contribution >= 4 is 27.1 Å². The van der Waals surface area contributed by atoms with E-state index in [9.17, 15) is 13.2 Å². The van der Waals surface area contributed by atoms with Crippen molar-refractivity contribution in [2.24, 2.45) is 0 Å². The minimum Gasteiger partial charge on any atom is -0.377 e. The number of amides is 1. The summed E-state index contributed by atoms with van der Waals surface area (Å²) in [4.78, 5) is 15.0. The van der Waals surface area contributed by atoms with Gasteiger partial charge in [0.15, 0.2) is 9.84 Å². The van der Waals surface area contributed by atoms with Gasteiger partial charge in [-0.2, -0.15) is 5.10 Å². The van der Waals surface area contributed by atoms with Crippen LogP contribution in [0.15, 0.2) is 28.6 Å². The van der Waals surface area contributed by atoms with Gasteiger partial charge in [0, 0.05) is 12.8 Å². The van der Waals surface area contributed by atoms with Gasteiger partial charge in [-0.25, -0.2) is 8.42 Å². The molecule has 0 aliphatic carbocycles. The molecule has 9 heteroatoms. The number of aromatic nitrogens is 2. The summed E-state index contributed by atoms with van der Waals surface area (Å²) >= 11 is 1.36. The fraction of sp³-hybridized carbons (Fsp3) is 0.385. The molecule has 3 heterocycles. The van der Waals surface area contributed by atoms with Crippen molar-refractivity contribution in [3.8, 4) is 0 Å². The lowest BCUT2D eigenvalue weighted by Crippen LogP contribution is -2.43. The molecular weight excluding hydrogens is 326 g/mol. The van der Waals surface area contributed by atoms with Gasteiger partial charge >= 0.3 is 0 Å². The average Bonchev–Trinajstić information content (AvgIpc) is 3.17. The lowest BCUT2D eigenvalue weighted by atomic mass is 10.1. The first-order valence-corrected chi connectivity index (χ1v) is 9.41. The number of thiophene rings is 1. The molecule has 118 valence electrons. The topological polar surface area (TPSA) is 92.4 Å². The Labute approximate surface area is 131 Å². The molecule has 1 unspecified atom stereocenters. The Bertz CT molecular complexity index is 767. The fourth-order valence-electron chi connectivity index (χ4n) is 2.45. The summed E-state index contributed by atoms with van der Waals surface area (Å²) < 4.78 is 29.2. The molecular formula is C13H15N3O4S2. The molecule has 7 nitrogen and oxygen atoms in total. The highest BCUT2D eigenvalue weighted by Crippen LogP contribution is 2.29. The molecule has 0 spiro atoms. The largest absolute Gasteiger partial charge is 0.377 e. The Morgan fingerprint density at radius 1 is 1.55 bits per heavy atom. The van der Waals surface area contributed by atoms with E-state index < -0.39 is 15.9 Å². The molecule has 2 aromatic heterocycles. The summed E-state index contributed by atoms with van der Waals surface area (Å²) in [5, 5.41) is 8.37. The van der Waals surface area contributed by atoms with Crippen molar-refractivity contribution in [3.05, 3.63) is 34.3 Å². The van der Waals surface area contributed by atoms with Crippen LogP contribution in [-0.2, 0) is 14.6 Å². The first kappa shape index (κ1) is 15.2. The van der Waals surface area contributed by atoms with Crippen LogP contribution in [-0.4, -0.2) is 55.4 Å². The number of carbonyl (C=O) groups is 1. The van der Waals surface area contributed by atoms with Crippen LogP contribution in [0.3, 0.4) is 0 Å². The summed E-state index contributed by atoms with van der Waals surface area (Å²) in [6.45, 7) is 1.07. The SMILES string of the molecule is CS(=O)(=O)c1cn[nH]c1C1COCCN1C(=O)c1cccs1. The number of ether oxygens (including phenoxy) is 1. The minimum atomic E-state index is -3.43. The van der Waals surface area contributed by atoms with Crippen molar-refractivity contribution in [1.29, 1.82) is 0 Å². The van der Waals surface area contributed by atoms with Gasteiger partial charge in [0.05, 0.1) is 36.0 Å². The molecule has 0 saturated carbocycles. The van der Waals surface area contributed by atoms with Gasteiger partial charge in [-0.15, -0.1) is 11.3 Å². The van der Waals surface area contributed by atoms with Crippen LogP contribution < -0.4 is 0 Å². The maximum Gasteiger partial charge on any atom is 0.264 e. The van der Waals surface area contributed by atoms with E-state index in [1.165, 1.54) is 17.5 Å². The molecule has 1 amide bonds. The smallest absolute Gasteiger partial charge is 0.264 e. The molecule has 0 aromatic carbocycles. The van der Waals surface area contributed by atoms with E-state index >= 15 is 0 Å². The fourth-order valence-corrected chi connectivity index (χ4v) is 3.95. The zero-order valence-corrected chi connectivity index (χ0v) is 13.5. The summed E-state index contributed by atoms with van der Waals surface area (Å²) in [6.07, 6.45) is 2.39. The number of carbonyl (C=O) groups excluding carboxylic acids is 1. The molecule has 3 rings (SSSR count). The Hall–Kier alpha value is -1.71. The van der Waals surface area contributed by atoms with Crippen LogP contribution in [0.5, 0.6) is 0 Å². The number of morpholine rings is 1. The number of nitrogens with one attached hydrogen (secondary N) is 1. The molecule has 1 N–H and O–H groups in total. The van der Waals surface area contributed by atoms with E-state index in [0.717, 1.165) is 6.26 Å². The molecule has 1 fully saturated rings. The molecule has 0 radical (unpaired) electrons. The highest BCUT2D eigenvalue weighted by molar-refractivity contribution is 7.90. The van der Waals surface area contributed by atoms with Gasteiger partial charge in [-0.05, 0) is 11.4 Å². The lowest BCUT2D eigenvalue weighted by Gasteiger charge is -2.35. The average molecular weight is 341 g/mol. The van der Waals surface area contributed by atoms with E-state index in [4.69, 9.17) is 4.74 Å². The van der Waals surface area contributed by atoms with E-state index in [2.05, 4.69) is 10.2 Å². The number of rotatable bonds is 3. The zero-order chi connectivity index (χ0) is 15.7. The van der Waals surface area contributed by atoms with Gasteiger partial charge < -0.3 is 9.64 Å². The first-order chi connectivity index (χ1) is 10.5. The second kappa shape index (κ2) is 5.82. The minimum absolute atomic E-state index is 0.104. The molecule has 1 aliphatic heterocycles. The monoisotopic (exact) mass is 341 g/mol. The number of aromatic amines is 1.